The van der Waals surface area contributed by atoms with Crippen LogP contribution in [0.1, 0.15) is 11.1 Å². The predicted octanol–water partition coefficient (Wildman–Crippen LogP) is 4.49. The zero-order valence-electron chi connectivity index (χ0n) is 15.6. The van der Waals surface area contributed by atoms with Crippen molar-refractivity contribution in [2.75, 3.05) is 11.8 Å². The van der Waals surface area contributed by atoms with Crippen molar-refractivity contribution in [3.05, 3.63) is 65.3 Å². The first-order chi connectivity index (χ1) is 13.4. The molecule has 0 amide bonds. The first kappa shape index (κ1) is 18.5. The Bertz CT molecular complexity index is 1240. The number of aryl methyl sites for hydroxylation is 2. The van der Waals surface area contributed by atoms with Crippen LogP contribution >= 0.6 is 11.3 Å². The van der Waals surface area contributed by atoms with E-state index in [4.69, 9.17) is 4.74 Å². The van der Waals surface area contributed by atoms with Gasteiger partial charge in [-0.3, -0.25) is 9.12 Å². The maximum atomic E-state index is 13.0. The van der Waals surface area contributed by atoms with Gasteiger partial charge >= 0.3 is 0 Å². The second-order valence-corrected chi connectivity index (χ2v) is 9.02. The van der Waals surface area contributed by atoms with Crippen molar-refractivity contribution in [1.82, 2.24) is 9.38 Å². The zero-order valence-corrected chi connectivity index (χ0v) is 17.3. The molecule has 0 aliphatic heterocycles. The monoisotopic (exact) mass is 413 g/mol. The molecule has 0 saturated heterocycles. The highest BCUT2D eigenvalue weighted by molar-refractivity contribution is 7.92. The normalized spacial score (nSPS) is 11.7. The van der Waals surface area contributed by atoms with Gasteiger partial charge in [-0.1, -0.05) is 18.2 Å². The SMILES string of the molecule is COc1cc(S(=O)(=O)Nc2cccc(-c3cn4ccsc4n3)c2)c(C)cc1C. The Kier molecular flexibility index (Phi) is 4.60. The Balaban J connectivity index is 1.68. The summed E-state index contributed by atoms with van der Waals surface area (Å²) in [5, 5.41) is 1.97. The van der Waals surface area contributed by atoms with E-state index in [2.05, 4.69) is 9.71 Å². The van der Waals surface area contributed by atoms with Gasteiger partial charge in [-0.15, -0.1) is 11.3 Å². The predicted molar refractivity (Wildman–Crippen MR) is 112 cm³/mol. The van der Waals surface area contributed by atoms with Crippen molar-refractivity contribution in [2.24, 2.45) is 0 Å². The van der Waals surface area contributed by atoms with Crippen LogP contribution in [-0.2, 0) is 10.0 Å². The van der Waals surface area contributed by atoms with Crippen molar-refractivity contribution >= 4 is 32.0 Å². The number of hydrogen-bond acceptors (Lipinski definition) is 5. The lowest BCUT2D eigenvalue weighted by atomic mass is 10.1. The van der Waals surface area contributed by atoms with Gasteiger partial charge in [0.1, 0.15) is 5.75 Å². The smallest absolute Gasteiger partial charge is 0.262 e. The van der Waals surface area contributed by atoms with Gasteiger partial charge < -0.3 is 4.74 Å². The number of aromatic nitrogens is 2. The number of imidazole rings is 1. The van der Waals surface area contributed by atoms with E-state index in [1.807, 2.05) is 47.3 Å². The molecule has 2 aromatic carbocycles. The Labute approximate surface area is 167 Å². The van der Waals surface area contributed by atoms with Crippen molar-refractivity contribution in [2.45, 2.75) is 18.7 Å². The molecule has 0 aliphatic rings. The lowest BCUT2D eigenvalue weighted by molar-refractivity contribution is 0.410. The minimum Gasteiger partial charge on any atom is -0.496 e. The summed E-state index contributed by atoms with van der Waals surface area (Å²) in [4.78, 5) is 5.66. The molecule has 0 bridgehead atoms. The van der Waals surface area contributed by atoms with Gasteiger partial charge in [-0.25, -0.2) is 13.4 Å². The minimum absolute atomic E-state index is 0.197. The molecule has 2 aromatic heterocycles. The standard InChI is InChI=1S/C20H19N3O3S2/c1-13-9-14(2)19(11-18(13)26-3)28(24,25)22-16-6-4-5-15(10-16)17-12-23-7-8-27-20(23)21-17/h4-12,22H,1-3H3. The number of nitrogens with zero attached hydrogens (tertiary/aromatic N) is 2. The molecule has 6 nitrogen and oxygen atoms in total. The Morgan fingerprint density at radius 1 is 1.14 bits per heavy atom. The lowest BCUT2D eigenvalue weighted by Gasteiger charge is -2.14. The van der Waals surface area contributed by atoms with Gasteiger partial charge in [0.05, 0.1) is 17.7 Å². The topological polar surface area (TPSA) is 72.7 Å². The largest absolute Gasteiger partial charge is 0.496 e. The van der Waals surface area contributed by atoms with Gasteiger partial charge in [0, 0.05) is 35.1 Å². The Morgan fingerprint density at radius 3 is 2.71 bits per heavy atom. The third kappa shape index (κ3) is 3.36. The summed E-state index contributed by atoms with van der Waals surface area (Å²) in [5.41, 5.74) is 3.67. The fourth-order valence-corrected chi connectivity index (χ4v) is 5.13. The number of hydrogen-bond donors (Lipinski definition) is 1. The Hall–Kier alpha value is -2.84. The van der Waals surface area contributed by atoms with E-state index in [0.29, 0.717) is 17.0 Å². The summed E-state index contributed by atoms with van der Waals surface area (Å²) in [6, 6.07) is 10.6. The Morgan fingerprint density at radius 2 is 1.96 bits per heavy atom. The molecular weight excluding hydrogens is 394 g/mol. The number of thiazole rings is 1. The van der Waals surface area contributed by atoms with Crippen molar-refractivity contribution in [3.63, 3.8) is 0 Å². The second kappa shape index (κ2) is 6.96. The number of nitrogens with one attached hydrogen (secondary N) is 1. The number of ether oxygens (including phenoxy) is 1. The number of benzene rings is 2. The quantitative estimate of drug-likeness (QED) is 0.523. The molecule has 0 unspecified atom stereocenters. The first-order valence-electron chi connectivity index (χ1n) is 8.58. The zero-order chi connectivity index (χ0) is 19.9. The molecule has 0 fully saturated rings. The molecule has 0 atom stereocenters. The van der Waals surface area contributed by atoms with E-state index in [9.17, 15) is 8.42 Å². The van der Waals surface area contributed by atoms with Crippen molar-refractivity contribution < 1.29 is 13.2 Å². The third-order valence-corrected chi connectivity index (χ3v) is 6.78. The molecule has 0 spiro atoms. The molecule has 28 heavy (non-hydrogen) atoms. The average molecular weight is 414 g/mol. The second-order valence-electron chi connectivity index (χ2n) is 6.49. The van der Waals surface area contributed by atoms with Crippen LogP contribution in [0.2, 0.25) is 0 Å². The van der Waals surface area contributed by atoms with Crippen LogP contribution in [0.3, 0.4) is 0 Å². The van der Waals surface area contributed by atoms with Gasteiger partial charge in [0.15, 0.2) is 4.96 Å². The fourth-order valence-electron chi connectivity index (χ4n) is 3.14. The highest BCUT2D eigenvalue weighted by Crippen LogP contribution is 2.29. The van der Waals surface area contributed by atoms with Crippen LogP contribution in [0.25, 0.3) is 16.2 Å². The van der Waals surface area contributed by atoms with Gasteiger partial charge in [-0.2, -0.15) is 0 Å². The first-order valence-corrected chi connectivity index (χ1v) is 10.9. The highest BCUT2D eigenvalue weighted by atomic mass is 32.2. The van der Waals surface area contributed by atoms with Crippen LogP contribution < -0.4 is 9.46 Å². The summed E-state index contributed by atoms with van der Waals surface area (Å²) < 4.78 is 35.8. The number of anilines is 1. The van der Waals surface area contributed by atoms with E-state index >= 15 is 0 Å². The van der Waals surface area contributed by atoms with Crippen LogP contribution in [-0.4, -0.2) is 24.9 Å². The number of methoxy groups -OCH3 is 1. The molecule has 144 valence electrons. The molecule has 0 saturated carbocycles. The van der Waals surface area contributed by atoms with Crippen LogP contribution in [0.15, 0.2) is 59.1 Å². The number of rotatable bonds is 5. The van der Waals surface area contributed by atoms with E-state index in [0.717, 1.165) is 21.8 Å². The molecular formula is C20H19N3O3S2. The third-order valence-electron chi connectivity index (χ3n) is 4.49. The summed E-state index contributed by atoms with van der Waals surface area (Å²) in [7, 11) is -2.23. The van der Waals surface area contributed by atoms with E-state index in [1.54, 1.807) is 36.5 Å². The van der Waals surface area contributed by atoms with Gasteiger partial charge in [0.2, 0.25) is 0 Å². The van der Waals surface area contributed by atoms with E-state index < -0.39 is 10.0 Å². The maximum absolute atomic E-state index is 13.0. The molecule has 2 heterocycles. The van der Waals surface area contributed by atoms with E-state index in [-0.39, 0.29) is 4.90 Å². The summed E-state index contributed by atoms with van der Waals surface area (Å²) in [5.74, 6) is 0.540. The minimum atomic E-state index is -3.76. The molecule has 1 N–H and O–H groups in total. The van der Waals surface area contributed by atoms with E-state index in [1.165, 1.54) is 7.11 Å². The van der Waals surface area contributed by atoms with Crippen molar-refractivity contribution in [1.29, 1.82) is 0 Å². The van der Waals surface area contributed by atoms with Gasteiger partial charge in [-0.05, 0) is 37.1 Å². The van der Waals surface area contributed by atoms with Crippen molar-refractivity contribution in [3.8, 4) is 17.0 Å². The summed E-state index contributed by atoms with van der Waals surface area (Å²) >= 11 is 1.55. The molecule has 0 aliphatic carbocycles. The molecule has 4 aromatic rings. The lowest BCUT2D eigenvalue weighted by Crippen LogP contribution is -2.14. The molecule has 4 rings (SSSR count). The van der Waals surface area contributed by atoms with Crippen LogP contribution in [0, 0.1) is 13.8 Å². The van der Waals surface area contributed by atoms with Crippen LogP contribution in [0.5, 0.6) is 5.75 Å². The fraction of sp³-hybridized carbons (Fsp3) is 0.150. The van der Waals surface area contributed by atoms with Crippen LogP contribution in [0.4, 0.5) is 5.69 Å². The average Bonchev–Trinajstić information content (AvgIpc) is 3.23. The maximum Gasteiger partial charge on any atom is 0.262 e. The summed E-state index contributed by atoms with van der Waals surface area (Å²) in [6.07, 6.45) is 3.87. The highest BCUT2D eigenvalue weighted by Gasteiger charge is 2.19. The number of fused-ring (bicyclic) bond motifs is 1. The van der Waals surface area contributed by atoms with Gasteiger partial charge in [0.25, 0.3) is 10.0 Å². The molecule has 0 radical (unpaired) electrons. The summed E-state index contributed by atoms with van der Waals surface area (Å²) in [6.45, 7) is 3.66. The molecule has 8 heteroatoms. The number of sulfonamides is 1.